The van der Waals surface area contributed by atoms with E-state index < -0.39 is 0 Å². The predicted molar refractivity (Wildman–Crippen MR) is 75.5 cm³/mol. The molecule has 0 amide bonds. The second-order valence-electron chi connectivity index (χ2n) is 7.29. The van der Waals surface area contributed by atoms with E-state index in [-0.39, 0.29) is 0 Å². The van der Waals surface area contributed by atoms with Crippen molar-refractivity contribution < 1.29 is 4.42 Å². The van der Waals surface area contributed by atoms with Crippen LogP contribution in [0.1, 0.15) is 37.9 Å². The first-order valence-corrected chi connectivity index (χ1v) is 8.06. The third-order valence-electron chi connectivity index (χ3n) is 6.19. The summed E-state index contributed by atoms with van der Waals surface area (Å²) < 4.78 is 5.55. The third-order valence-corrected chi connectivity index (χ3v) is 6.19. The smallest absolute Gasteiger partial charge is 0.104 e. The molecule has 2 nitrogen and oxygen atoms in total. The van der Waals surface area contributed by atoms with Crippen molar-refractivity contribution >= 4 is 0 Å². The van der Waals surface area contributed by atoms with Gasteiger partial charge in [-0.15, -0.1) is 0 Å². The van der Waals surface area contributed by atoms with Gasteiger partial charge in [-0.25, -0.2) is 0 Å². The quantitative estimate of drug-likeness (QED) is 0.899. The molecule has 2 heteroatoms. The van der Waals surface area contributed by atoms with E-state index in [1.165, 1.54) is 32.1 Å². The Morgan fingerprint density at radius 2 is 1.79 bits per heavy atom. The van der Waals surface area contributed by atoms with Crippen molar-refractivity contribution in [2.24, 2.45) is 41.2 Å². The van der Waals surface area contributed by atoms with Crippen LogP contribution in [0.25, 0.3) is 0 Å². The Kier molecular flexibility index (Phi) is 2.95. The van der Waals surface area contributed by atoms with Gasteiger partial charge in [-0.3, -0.25) is 0 Å². The maximum atomic E-state index is 6.13. The Morgan fingerprint density at radius 1 is 1.11 bits per heavy atom. The molecule has 4 aliphatic carbocycles. The van der Waals surface area contributed by atoms with Crippen molar-refractivity contribution in [2.75, 3.05) is 6.54 Å². The number of hydrogen-bond acceptors (Lipinski definition) is 2. The van der Waals surface area contributed by atoms with Crippen LogP contribution in [-0.2, 0) is 6.42 Å². The fourth-order valence-corrected chi connectivity index (χ4v) is 5.80. The molecule has 104 valence electrons. The molecule has 0 aromatic carbocycles. The van der Waals surface area contributed by atoms with Gasteiger partial charge in [0, 0.05) is 6.42 Å². The van der Waals surface area contributed by atoms with Crippen molar-refractivity contribution in [1.82, 2.24) is 0 Å². The van der Waals surface area contributed by atoms with Crippen LogP contribution in [0.15, 0.2) is 22.8 Å². The molecule has 1 heterocycles. The van der Waals surface area contributed by atoms with E-state index in [1.807, 2.05) is 6.07 Å². The lowest BCUT2D eigenvalue weighted by Gasteiger charge is -2.56. The van der Waals surface area contributed by atoms with Crippen LogP contribution in [0.3, 0.4) is 0 Å². The third kappa shape index (κ3) is 2.05. The number of furan rings is 1. The lowest BCUT2D eigenvalue weighted by Crippen LogP contribution is -2.49. The first kappa shape index (κ1) is 12.0. The largest absolute Gasteiger partial charge is 0.469 e. The summed E-state index contributed by atoms with van der Waals surface area (Å²) in [5.41, 5.74) is 6.13. The molecule has 4 fully saturated rings. The van der Waals surface area contributed by atoms with Crippen LogP contribution >= 0.6 is 0 Å². The van der Waals surface area contributed by atoms with Gasteiger partial charge in [0.1, 0.15) is 5.76 Å². The average Bonchev–Trinajstić information content (AvgIpc) is 2.89. The summed E-state index contributed by atoms with van der Waals surface area (Å²) in [4.78, 5) is 0. The van der Waals surface area contributed by atoms with Gasteiger partial charge in [-0.2, -0.15) is 0 Å². The van der Waals surface area contributed by atoms with E-state index in [9.17, 15) is 0 Å². The number of hydrogen-bond donors (Lipinski definition) is 1. The first-order valence-electron chi connectivity index (χ1n) is 8.06. The highest BCUT2D eigenvalue weighted by atomic mass is 16.3. The minimum absolute atomic E-state index is 0.640. The Balaban J connectivity index is 1.53. The highest BCUT2D eigenvalue weighted by Crippen LogP contribution is 2.58. The van der Waals surface area contributed by atoms with Crippen molar-refractivity contribution in [1.29, 1.82) is 0 Å². The van der Waals surface area contributed by atoms with Gasteiger partial charge in [-0.1, -0.05) is 0 Å². The van der Waals surface area contributed by atoms with E-state index in [1.54, 1.807) is 6.26 Å². The number of rotatable bonds is 4. The van der Waals surface area contributed by atoms with Crippen LogP contribution < -0.4 is 5.73 Å². The van der Waals surface area contributed by atoms with Crippen LogP contribution in [0.5, 0.6) is 0 Å². The average molecular weight is 259 g/mol. The topological polar surface area (TPSA) is 39.2 Å². The molecule has 4 saturated carbocycles. The first-order chi connectivity index (χ1) is 9.33. The van der Waals surface area contributed by atoms with Gasteiger partial charge in [0.15, 0.2) is 0 Å². The molecular weight excluding hydrogens is 234 g/mol. The summed E-state index contributed by atoms with van der Waals surface area (Å²) >= 11 is 0. The molecule has 0 spiro atoms. The van der Waals surface area contributed by atoms with Crippen LogP contribution in [0.2, 0.25) is 0 Å². The zero-order valence-electron chi connectivity index (χ0n) is 11.6. The minimum atomic E-state index is 0.640. The lowest BCUT2D eigenvalue weighted by atomic mass is 9.49. The van der Waals surface area contributed by atoms with Crippen molar-refractivity contribution in [3.05, 3.63) is 24.2 Å². The van der Waals surface area contributed by atoms with Crippen molar-refractivity contribution in [3.63, 3.8) is 0 Å². The molecule has 0 aliphatic heterocycles. The predicted octanol–water partition coefficient (Wildman–Crippen LogP) is 3.47. The summed E-state index contributed by atoms with van der Waals surface area (Å²) in [7, 11) is 0. The molecule has 1 unspecified atom stereocenters. The lowest BCUT2D eigenvalue weighted by molar-refractivity contribution is -0.0606. The van der Waals surface area contributed by atoms with E-state index in [2.05, 4.69) is 6.07 Å². The van der Waals surface area contributed by atoms with Crippen LogP contribution in [-0.4, -0.2) is 6.54 Å². The summed E-state index contributed by atoms with van der Waals surface area (Å²) in [6, 6.07) is 4.11. The Labute approximate surface area is 115 Å². The van der Waals surface area contributed by atoms with E-state index >= 15 is 0 Å². The maximum absolute atomic E-state index is 6.13. The van der Waals surface area contributed by atoms with Gasteiger partial charge >= 0.3 is 0 Å². The van der Waals surface area contributed by atoms with E-state index in [0.717, 1.165) is 48.3 Å². The molecular formula is C17H25NO. The van der Waals surface area contributed by atoms with Gasteiger partial charge < -0.3 is 10.2 Å². The molecule has 5 rings (SSSR count). The Hall–Kier alpha value is -0.760. The fourth-order valence-electron chi connectivity index (χ4n) is 5.80. The summed E-state index contributed by atoms with van der Waals surface area (Å²) in [5, 5.41) is 0. The van der Waals surface area contributed by atoms with Crippen molar-refractivity contribution in [2.45, 2.75) is 38.5 Å². The van der Waals surface area contributed by atoms with E-state index in [0.29, 0.717) is 5.92 Å². The van der Waals surface area contributed by atoms with Gasteiger partial charge in [0.2, 0.25) is 0 Å². The monoisotopic (exact) mass is 259 g/mol. The Morgan fingerprint density at radius 3 is 2.32 bits per heavy atom. The molecule has 4 bridgehead atoms. The molecule has 2 N–H and O–H groups in total. The van der Waals surface area contributed by atoms with Crippen molar-refractivity contribution in [3.8, 4) is 0 Å². The highest BCUT2D eigenvalue weighted by molar-refractivity contribution is 5.04. The summed E-state index contributed by atoms with van der Waals surface area (Å²) in [6.07, 6.45) is 10.3. The summed E-state index contributed by atoms with van der Waals surface area (Å²) in [5.74, 6) is 6.70. The van der Waals surface area contributed by atoms with E-state index in [4.69, 9.17) is 10.2 Å². The molecule has 4 aliphatic rings. The standard InChI is InChI=1S/C17H25NO/c18-10-15(9-16-2-1-3-19-16)17-13-5-11-4-12(7-13)8-14(17)6-11/h1-3,11-15,17H,4-10,18H2. The fraction of sp³-hybridized carbons (Fsp3) is 0.765. The Bertz CT molecular complexity index is 396. The van der Waals surface area contributed by atoms with Gasteiger partial charge in [0.25, 0.3) is 0 Å². The highest BCUT2D eigenvalue weighted by Gasteiger charge is 2.50. The zero-order valence-corrected chi connectivity index (χ0v) is 11.6. The molecule has 1 aromatic rings. The minimum Gasteiger partial charge on any atom is -0.469 e. The normalized spacial score (nSPS) is 41.6. The van der Waals surface area contributed by atoms with Crippen LogP contribution in [0, 0.1) is 35.5 Å². The molecule has 0 radical (unpaired) electrons. The van der Waals surface area contributed by atoms with Gasteiger partial charge in [0.05, 0.1) is 6.26 Å². The van der Waals surface area contributed by atoms with Gasteiger partial charge in [-0.05, 0) is 86.3 Å². The second-order valence-corrected chi connectivity index (χ2v) is 7.29. The van der Waals surface area contributed by atoms with Crippen LogP contribution in [0.4, 0.5) is 0 Å². The number of nitrogens with two attached hydrogens (primary N) is 1. The SMILES string of the molecule is NCC(Cc1ccco1)C1C2CC3CC(C2)CC1C3. The maximum Gasteiger partial charge on any atom is 0.104 e. The zero-order chi connectivity index (χ0) is 12.8. The second kappa shape index (κ2) is 4.66. The molecule has 0 saturated heterocycles. The summed E-state index contributed by atoms with van der Waals surface area (Å²) in [6.45, 7) is 0.827. The molecule has 19 heavy (non-hydrogen) atoms. The molecule has 1 atom stereocenters. The molecule has 1 aromatic heterocycles.